The number of hydrogen-bond donors (Lipinski definition) is 1. The number of phosphoric ester groups is 1. The minimum atomic E-state index is -3.77. The van der Waals surface area contributed by atoms with Crippen LogP contribution in [-0.4, -0.2) is 31.3 Å². The number of ether oxygens (including phenoxy) is 1. The molecule has 0 amide bonds. The summed E-state index contributed by atoms with van der Waals surface area (Å²) in [5.74, 6) is 0. The first-order valence-electron chi connectivity index (χ1n) is 2.79. The molecule has 60 valence electrons. The predicted octanol–water partition coefficient (Wildman–Crippen LogP) is 0.149. The van der Waals surface area contributed by atoms with Gasteiger partial charge in [-0.2, -0.15) is 0 Å². The van der Waals surface area contributed by atoms with E-state index in [4.69, 9.17) is 9.63 Å². The van der Waals surface area contributed by atoms with Gasteiger partial charge in [0, 0.05) is 7.11 Å². The summed E-state index contributed by atoms with van der Waals surface area (Å²) in [7, 11) is -2.65. The molecular formula is C4H9O5P. The van der Waals surface area contributed by atoms with Crippen molar-refractivity contribution in [2.24, 2.45) is 0 Å². The molecule has 0 radical (unpaired) electrons. The molecule has 1 heterocycles. The standard InChI is InChI=1S/C4H9O5P/c1-7-10(5,6)9-3-4-2-8-4/h4H,2-3H2,1H3,(H,5,6). The van der Waals surface area contributed by atoms with Crippen LogP contribution in [0, 0.1) is 0 Å². The summed E-state index contributed by atoms with van der Waals surface area (Å²) in [5, 5.41) is 0. The Morgan fingerprint density at radius 1 is 1.90 bits per heavy atom. The third kappa shape index (κ3) is 2.77. The van der Waals surface area contributed by atoms with Crippen molar-refractivity contribution in [1.29, 1.82) is 0 Å². The molecular weight excluding hydrogens is 159 g/mol. The van der Waals surface area contributed by atoms with Gasteiger partial charge in [-0.15, -0.1) is 0 Å². The highest BCUT2D eigenvalue weighted by Crippen LogP contribution is 2.42. The largest absolute Gasteiger partial charge is 0.472 e. The summed E-state index contributed by atoms with van der Waals surface area (Å²) in [4.78, 5) is 8.66. The van der Waals surface area contributed by atoms with Crippen LogP contribution in [-0.2, 0) is 18.3 Å². The lowest BCUT2D eigenvalue weighted by molar-refractivity contribution is 0.160. The van der Waals surface area contributed by atoms with Crippen molar-refractivity contribution in [3.63, 3.8) is 0 Å². The van der Waals surface area contributed by atoms with Gasteiger partial charge in [-0.25, -0.2) is 4.57 Å². The second-order valence-electron chi connectivity index (χ2n) is 1.90. The fraction of sp³-hybridized carbons (Fsp3) is 1.00. The van der Waals surface area contributed by atoms with Crippen molar-refractivity contribution in [1.82, 2.24) is 0 Å². The van der Waals surface area contributed by atoms with Crippen LogP contribution in [0.2, 0.25) is 0 Å². The summed E-state index contributed by atoms with van der Waals surface area (Å²) >= 11 is 0. The highest BCUT2D eigenvalue weighted by Gasteiger charge is 2.28. The molecule has 1 fully saturated rings. The zero-order valence-electron chi connectivity index (χ0n) is 5.52. The van der Waals surface area contributed by atoms with E-state index < -0.39 is 7.82 Å². The van der Waals surface area contributed by atoms with Crippen LogP contribution in [0.1, 0.15) is 0 Å². The van der Waals surface area contributed by atoms with Crippen LogP contribution in [0.3, 0.4) is 0 Å². The number of hydrogen-bond acceptors (Lipinski definition) is 4. The molecule has 0 aromatic carbocycles. The monoisotopic (exact) mass is 168 g/mol. The van der Waals surface area contributed by atoms with E-state index in [-0.39, 0.29) is 12.7 Å². The number of epoxide rings is 1. The fourth-order valence-electron chi connectivity index (χ4n) is 0.394. The van der Waals surface area contributed by atoms with Gasteiger partial charge in [0.2, 0.25) is 0 Å². The molecule has 0 aliphatic carbocycles. The Labute approximate surface area is 58.5 Å². The van der Waals surface area contributed by atoms with Crippen LogP contribution in [0.4, 0.5) is 0 Å². The Bertz CT molecular complexity index is 154. The summed E-state index contributed by atoms with van der Waals surface area (Å²) < 4.78 is 23.9. The molecule has 1 rings (SSSR count). The maximum atomic E-state index is 10.6. The Balaban J connectivity index is 2.15. The molecule has 0 bridgehead atoms. The van der Waals surface area contributed by atoms with Crippen molar-refractivity contribution in [3.05, 3.63) is 0 Å². The van der Waals surface area contributed by atoms with E-state index in [1.807, 2.05) is 0 Å². The minimum absolute atomic E-state index is 0.0179. The highest BCUT2D eigenvalue weighted by atomic mass is 31.2. The topological polar surface area (TPSA) is 68.3 Å². The first-order chi connectivity index (χ1) is 4.64. The van der Waals surface area contributed by atoms with Gasteiger partial charge in [-0.1, -0.05) is 0 Å². The van der Waals surface area contributed by atoms with Crippen molar-refractivity contribution < 1.29 is 23.2 Å². The van der Waals surface area contributed by atoms with Gasteiger partial charge in [-0.3, -0.25) is 9.05 Å². The molecule has 6 heteroatoms. The third-order valence-corrected chi connectivity index (χ3v) is 1.99. The van der Waals surface area contributed by atoms with Gasteiger partial charge in [-0.05, 0) is 0 Å². The first kappa shape index (κ1) is 8.17. The van der Waals surface area contributed by atoms with Crippen LogP contribution in [0.5, 0.6) is 0 Å². The van der Waals surface area contributed by atoms with Crippen LogP contribution < -0.4 is 0 Å². The second-order valence-corrected chi connectivity index (χ2v) is 3.46. The van der Waals surface area contributed by atoms with Crippen LogP contribution in [0.25, 0.3) is 0 Å². The van der Waals surface area contributed by atoms with E-state index in [2.05, 4.69) is 9.05 Å². The predicted molar refractivity (Wildman–Crippen MR) is 32.5 cm³/mol. The van der Waals surface area contributed by atoms with E-state index in [0.29, 0.717) is 6.61 Å². The van der Waals surface area contributed by atoms with Crippen molar-refractivity contribution in [2.75, 3.05) is 20.3 Å². The SMILES string of the molecule is COP(=O)(O)OCC1CO1. The molecule has 5 nitrogen and oxygen atoms in total. The van der Waals surface area contributed by atoms with Crippen molar-refractivity contribution in [2.45, 2.75) is 6.10 Å². The quantitative estimate of drug-likeness (QED) is 0.478. The van der Waals surface area contributed by atoms with E-state index >= 15 is 0 Å². The number of rotatable bonds is 4. The lowest BCUT2D eigenvalue weighted by Gasteiger charge is -2.06. The van der Waals surface area contributed by atoms with Crippen LogP contribution in [0.15, 0.2) is 0 Å². The zero-order valence-corrected chi connectivity index (χ0v) is 6.41. The molecule has 1 aliphatic heterocycles. The molecule has 1 saturated heterocycles. The van der Waals surface area contributed by atoms with Gasteiger partial charge < -0.3 is 9.63 Å². The molecule has 1 N–H and O–H groups in total. The normalized spacial score (nSPS) is 29.6. The summed E-state index contributed by atoms with van der Waals surface area (Å²) in [6, 6.07) is 0. The van der Waals surface area contributed by atoms with E-state index in [0.717, 1.165) is 7.11 Å². The van der Waals surface area contributed by atoms with E-state index in [1.165, 1.54) is 0 Å². The van der Waals surface area contributed by atoms with Crippen molar-refractivity contribution in [3.8, 4) is 0 Å². The zero-order chi connectivity index (χ0) is 7.61. The van der Waals surface area contributed by atoms with Gasteiger partial charge in [0.05, 0.1) is 13.2 Å². The third-order valence-electron chi connectivity index (χ3n) is 1.06. The highest BCUT2D eigenvalue weighted by molar-refractivity contribution is 7.47. The lowest BCUT2D eigenvalue weighted by atomic mass is 10.5. The molecule has 2 atom stereocenters. The minimum Gasteiger partial charge on any atom is -0.371 e. The summed E-state index contributed by atoms with van der Waals surface area (Å²) in [5.41, 5.74) is 0. The van der Waals surface area contributed by atoms with Crippen molar-refractivity contribution >= 4 is 7.82 Å². The maximum Gasteiger partial charge on any atom is 0.472 e. The summed E-state index contributed by atoms with van der Waals surface area (Å²) in [6.45, 7) is 0.728. The van der Waals surface area contributed by atoms with Gasteiger partial charge in [0.25, 0.3) is 0 Å². The second kappa shape index (κ2) is 2.98. The molecule has 0 aromatic rings. The Kier molecular flexibility index (Phi) is 2.44. The molecule has 2 unspecified atom stereocenters. The first-order valence-corrected chi connectivity index (χ1v) is 4.28. The van der Waals surface area contributed by atoms with Crippen LogP contribution >= 0.6 is 7.82 Å². The molecule has 0 spiro atoms. The smallest absolute Gasteiger partial charge is 0.371 e. The maximum absolute atomic E-state index is 10.6. The van der Waals surface area contributed by atoms with Gasteiger partial charge in [0.15, 0.2) is 0 Å². The molecule has 0 saturated carbocycles. The average molecular weight is 168 g/mol. The van der Waals surface area contributed by atoms with E-state index in [9.17, 15) is 4.57 Å². The van der Waals surface area contributed by atoms with Gasteiger partial charge in [0.1, 0.15) is 6.10 Å². The average Bonchev–Trinajstić information content (AvgIpc) is 2.66. The van der Waals surface area contributed by atoms with Gasteiger partial charge >= 0.3 is 7.82 Å². The molecule has 10 heavy (non-hydrogen) atoms. The van der Waals surface area contributed by atoms with E-state index in [1.54, 1.807) is 0 Å². The molecule has 1 aliphatic rings. The number of phosphoric acid groups is 1. The Hall–Kier alpha value is 0.0700. The Morgan fingerprint density at radius 3 is 2.90 bits per heavy atom. The fourth-order valence-corrected chi connectivity index (χ4v) is 0.854. The Morgan fingerprint density at radius 2 is 2.50 bits per heavy atom. The molecule has 0 aromatic heterocycles. The lowest BCUT2D eigenvalue weighted by Crippen LogP contribution is -1.99. The summed E-state index contributed by atoms with van der Waals surface area (Å²) in [6.07, 6.45) is -0.0179.